The van der Waals surface area contributed by atoms with Crippen molar-refractivity contribution in [1.29, 1.82) is 0 Å². The minimum Gasteiger partial charge on any atom is -0.471 e. The Morgan fingerprint density at radius 2 is 1.91 bits per heavy atom. The Kier molecular flexibility index (Phi) is 7.38. The van der Waals surface area contributed by atoms with Crippen LogP contribution in [0.25, 0.3) is 0 Å². The molecule has 1 aliphatic heterocycles. The fourth-order valence-corrected chi connectivity index (χ4v) is 5.36. The van der Waals surface area contributed by atoms with Gasteiger partial charge in [-0.25, -0.2) is 13.9 Å². The third kappa shape index (κ3) is 5.63. The van der Waals surface area contributed by atoms with E-state index in [-0.39, 0.29) is 11.9 Å². The summed E-state index contributed by atoms with van der Waals surface area (Å²) in [5.74, 6) is 0.334. The minimum absolute atomic E-state index is 0.131. The predicted molar refractivity (Wildman–Crippen MR) is 140 cm³/mol. The summed E-state index contributed by atoms with van der Waals surface area (Å²) in [4.78, 5) is 20.4. The van der Waals surface area contributed by atoms with Crippen molar-refractivity contribution in [3.8, 4) is 5.88 Å². The van der Waals surface area contributed by atoms with Crippen molar-refractivity contribution < 1.29 is 13.7 Å². The van der Waals surface area contributed by atoms with Gasteiger partial charge in [0.15, 0.2) is 0 Å². The van der Waals surface area contributed by atoms with E-state index in [9.17, 15) is 9.00 Å². The Balaban J connectivity index is 1.64. The number of pyridine rings is 1. The van der Waals surface area contributed by atoms with Crippen molar-refractivity contribution in [2.45, 2.75) is 64.0 Å². The number of nitrogens with one attached hydrogen (secondary N) is 1. The highest BCUT2D eigenvalue weighted by molar-refractivity contribution is 7.83. The summed E-state index contributed by atoms with van der Waals surface area (Å²) in [7, 11) is -1.42. The second kappa shape index (κ2) is 10.3. The third-order valence-electron chi connectivity index (χ3n) is 6.24. The SMILES string of the molecule is CCc1ccc(S(=O)N[C@H]2CC(C)(C)Oc3ncc(C(=O)N(CC)c4cccc(C)c4)cc32)cc1. The van der Waals surface area contributed by atoms with Gasteiger partial charge in [-0.2, -0.15) is 0 Å². The van der Waals surface area contributed by atoms with Gasteiger partial charge in [-0.15, -0.1) is 0 Å². The fraction of sp³-hybridized carbons (Fsp3) is 0.357. The minimum atomic E-state index is -1.42. The maximum absolute atomic E-state index is 13.5. The monoisotopic (exact) mass is 491 g/mol. The Labute approximate surface area is 210 Å². The molecule has 2 atom stereocenters. The van der Waals surface area contributed by atoms with Crippen LogP contribution in [0.15, 0.2) is 65.7 Å². The van der Waals surface area contributed by atoms with Crippen LogP contribution < -0.4 is 14.4 Å². The number of nitrogens with zero attached hydrogens (tertiary/aromatic N) is 2. The summed E-state index contributed by atoms with van der Waals surface area (Å²) in [6.07, 6.45) is 3.09. The zero-order valence-corrected chi connectivity index (χ0v) is 21.8. The van der Waals surface area contributed by atoms with E-state index in [1.54, 1.807) is 11.1 Å². The van der Waals surface area contributed by atoms with Gasteiger partial charge in [0, 0.05) is 30.4 Å². The molecule has 2 aromatic carbocycles. The Morgan fingerprint density at radius 1 is 1.17 bits per heavy atom. The second-order valence-corrected chi connectivity index (χ2v) is 10.8. The summed E-state index contributed by atoms with van der Waals surface area (Å²) >= 11 is 0. The molecule has 7 heteroatoms. The number of amides is 1. The van der Waals surface area contributed by atoms with Crippen LogP contribution in [0.4, 0.5) is 5.69 Å². The maximum Gasteiger partial charge on any atom is 0.259 e. The van der Waals surface area contributed by atoms with Crippen molar-refractivity contribution in [3.63, 3.8) is 0 Å². The van der Waals surface area contributed by atoms with Gasteiger partial charge in [0.25, 0.3) is 5.91 Å². The number of carbonyl (C=O) groups excluding carboxylic acids is 1. The first kappa shape index (κ1) is 25.1. The number of ether oxygens (including phenoxy) is 1. The lowest BCUT2D eigenvalue weighted by atomic mass is 9.91. The maximum atomic E-state index is 13.5. The van der Waals surface area contributed by atoms with Gasteiger partial charge in [-0.1, -0.05) is 31.2 Å². The van der Waals surface area contributed by atoms with Crippen LogP contribution in [0, 0.1) is 6.92 Å². The van der Waals surface area contributed by atoms with Crippen LogP contribution in [-0.4, -0.2) is 27.2 Å². The average Bonchev–Trinajstić information content (AvgIpc) is 2.83. The zero-order valence-electron chi connectivity index (χ0n) is 21.0. The lowest BCUT2D eigenvalue weighted by Crippen LogP contribution is -2.40. The van der Waals surface area contributed by atoms with Crippen LogP contribution in [0.2, 0.25) is 0 Å². The van der Waals surface area contributed by atoms with Crippen molar-refractivity contribution in [1.82, 2.24) is 9.71 Å². The number of hydrogen-bond acceptors (Lipinski definition) is 4. The number of fused-ring (bicyclic) bond motifs is 1. The first-order chi connectivity index (χ1) is 16.7. The molecule has 35 heavy (non-hydrogen) atoms. The smallest absolute Gasteiger partial charge is 0.259 e. The summed E-state index contributed by atoms with van der Waals surface area (Å²) < 4.78 is 22.6. The second-order valence-electron chi connectivity index (χ2n) is 9.51. The van der Waals surface area contributed by atoms with Crippen molar-refractivity contribution in [2.24, 2.45) is 0 Å². The molecular formula is C28H33N3O3S. The molecule has 0 aliphatic carbocycles. The number of aryl methyl sites for hydroxylation is 2. The quantitative estimate of drug-likeness (QED) is 0.471. The van der Waals surface area contributed by atoms with Crippen molar-refractivity contribution in [3.05, 3.63) is 83.0 Å². The Morgan fingerprint density at radius 3 is 2.57 bits per heavy atom. The van der Waals surface area contributed by atoms with E-state index < -0.39 is 16.6 Å². The number of aromatic nitrogens is 1. The lowest BCUT2D eigenvalue weighted by molar-refractivity contribution is 0.0642. The summed E-state index contributed by atoms with van der Waals surface area (Å²) in [6, 6.07) is 17.2. The van der Waals surface area contributed by atoms with Gasteiger partial charge in [0.05, 0.1) is 16.5 Å². The molecule has 3 aromatic rings. The molecule has 1 aliphatic rings. The van der Waals surface area contributed by atoms with E-state index >= 15 is 0 Å². The van der Waals surface area contributed by atoms with Crippen molar-refractivity contribution >= 4 is 22.6 Å². The molecule has 0 spiro atoms. The lowest BCUT2D eigenvalue weighted by Gasteiger charge is -2.37. The highest BCUT2D eigenvalue weighted by Crippen LogP contribution is 2.39. The third-order valence-corrected chi connectivity index (χ3v) is 7.44. The number of anilines is 1. The summed E-state index contributed by atoms with van der Waals surface area (Å²) in [5.41, 5.74) is 3.86. The molecule has 0 radical (unpaired) electrons. The molecule has 2 heterocycles. The number of carbonyl (C=O) groups is 1. The van der Waals surface area contributed by atoms with Gasteiger partial charge in [0.2, 0.25) is 5.88 Å². The van der Waals surface area contributed by atoms with E-state index in [2.05, 4.69) is 16.6 Å². The van der Waals surface area contributed by atoms with Crippen LogP contribution in [0.1, 0.15) is 67.2 Å². The molecule has 0 fully saturated rings. The Bertz CT molecular complexity index is 1240. The predicted octanol–water partition coefficient (Wildman–Crippen LogP) is 5.53. The molecule has 0 saturated heterocycles. The Hall–Kier alpha value is -3.03. The van der Waals surface area contributed by atoms with Gasteiger partial charge in [-0.3, -0.25) is 4.79 Å². The van der Waals surface area contributed by atoms with Crippen LogP contribution in [0.3, 0.4) is 0 Å². The molecular weight excluding hydrogens is 458 g/mol. The average molecular weight is 492 g/mol. The summed E-state index contributed by atoms with van der Waals surface area (Å²) in [6.45, 7) is 10.6. The largest absolute Gasteiger partial charge is 0.471 e. The molecule has 1 N–H and O–H groups in total. The molecule has 0 bridgehead atoms. The molecule has 6 nitrogen and oxygen atoms in total. The van der Waals surface area contributed by atoms with Gasteiger partial charge in [0.1, 0.15) is 16.6 Å². The molecule has 1 aromatic heterocycles. The van der Waals surface area contributed by atoms with Gasteiger partial charge < -0.3 is 9.64 Å². The first-order valence-corrected chi connectivity index (χ1v) is 13.2. The van der Waals surface area contributed by atoms with E-state index in [0.29, 0.717) is 29.3 Å². The standard InChI is InChI=1S/C28H33N3O3S/c1-6-20-11-13-23(14-12-20)35(33)30-25-17-28(4,5)34-26-24(25)16-21(18-29-26)27(32)31(7-2)22-10-8-9-19(3)15-22/h8-16,18,25,30H,6-7,17H2,1-5H3/t25-,35?/m0/s1. The molecule has 1 unspecified atom stereocenters. The number of rotatable bonds is 7. The van der Waals surface area contributed by atoms with Gasteiger partial charge in [-0.05, 0) is 75.6 Å². The first-order valence-electron chi connectivity index (χ1n) is 12.0. The molecule has 184 valence electrons. The number of benzene rings is 2. The van der Waals surface area contributed by atoms with E-state index in [1.807, 2.05) is 82.3 Å². The highest BCUT2D eigenvalue weighted by Gasteiger charge is 2.36. The fourth-order valence-electron chi connectivity index (χ4n) is 4.37. The van der Waals surface area contributed by atoms with E-state index in [1.165, 1.54) is 5.56 Å². The van der Waals surface area contributed by atoms with E-state index in [0.717, 1.165) is 23.2 Å². The van der Waals surface area contributed by atoms with Crippen LogP contribution >= 0.6 is 0 Å². The summed E-state index contributed by atoms with van der Waals surface area (Å²) in [5, 5.41) is 0. The molecule has 1 amide bonds. The number of hydrogen-bond donors (Lipinski definition) is 1. The van der Waals surface area contributed by atoms with Crippen LogP contribution in [0.5, 0.6) is 5.88 Å². The van der Waals surface area contributed by atoms with Crippen molar-refractivity contribution in [2.75, 3.05) is 11.4 Å². The van der Waals surface area contributed by atoms with E-state index in [4.69, 9.17) is 4.74 Å². The zero-order chi connectivity index (χ0) is 25.2. The van der Waals surface area contributed by atoms with Gasteiger partial charge >= 0.3 is 0 Å². The molecule has 4 rings (SSSR count). The topological polar surface area (TPSA) is 71.5 Å². The normalized spacial score (nSPS) is 17.2. The molecule has 0 saturated carbocycles. The highest BCUT2D eigenvalue weighted by atomic mass is 32.2. The van der Waals surface area contributed by atoms with Crippen LogP contribution in [-0.2, 0) is 17.4 Å².